The molecule has 0 bridgehead atoms. The SMILES string of the molecule is CCCN(CC(=O)OCC)S(=O)(=O)c1scnc1C(=O)O. The van der Waals surface area contributed by atoms with Gasteiger partial charge in [-0.1, -0.05) is 6.92 Å². The molecule has 0 atom stereocenters. The number of hydrogen-bond acceptors (Lipinski definition) is 7. The molecule has 10 heteroatoms. The largest absolute Gasteiger partial charge is 0.476 e. The molecule has 0 amide bonds. The summed E-state index contributed by atoms with van der Waals surface area (Å²) >= 11 is 0.706. The minimum Gasteiger partial charge on any atom is -0.476 e. The van der Waals surface area contributed by atoms with Crippen molar-refractivity contribution in [3.63, 3.8) is 0 Å². The summed E-state index contributed by atoms with van der Waals surface area (Å²) in [6.45, 7) is 3.12. The lowest BCUT2D eigenvalue weighted by molar-refractivity contribution is -0.143. The van der Waals surface area contributed by atoms with Crippen LogP contribution in [0.5, 0.6) is 0 Å². The van der Waals surface area contributed by atoms with E-state index in [1.165, 1.54) is 0 Å². The molecule has 0 aromatic carbocycles. The molecule has 0 unspecified atom stereocenters. The van der Waals surface area contributed by atoms with Crippen LogP contribution in [0.15, 0.2) is 9.72 Å². The lowest BCUT2D eigenvalue weighted by Gasteiger charge is -2.19. The number of thiazole rings is 1. The van der Waals surface area contributed by atoms with Crippen molar-refractivity contribution in [1.29, 1.82) is 0 Å². The maximum atomic E-state index is 12.5. The molecule has 1 rings (SSSR count). The highest BCUT2D eigenvalue weighted by Crippen LogP contribution is 2.24. The topological polar surface area (TPSA) is 114 Å². The van der Waals surface area contributed by atoms with Gasteiger partial charge in [0.05, 0.1) is 12.1 Å². The molecule has 1 N–H and O–H groups in total. The number of ether oxygens (including phenoxy) is 1. The zero-order chi connectivity index (χ0) is 16.0. The molecule has 0 radical (unpaired) electrons. The van der Waals surface area contributed by atoms with Crippen LogP contribution in [0.2, 0.25) is 0 Å². The number of esters is 1. The predicted molar refractivity (Wildman–Crippen MR) is 74.8 cm³/mol. The molecule has 0 aliphatic carbocycles. The maximum Gasteiger partial charge on any atom is 0.356 e. The number of aromatic nitrogens is 1. The Labute approximate surface area is 126 Å². The van der Waals surface area contributed by atoms with Gasteiger partial charge in [0, 0.05) is 6.54 Å². The van der Waals surface area contributed by atoms with Gasteiger partial charge in [-0.2, -0.15) is 4.31 Å². The van der Waals surface area contributed by atoms with Crippen LogP contribution in [-0.4, -0.2) is 54.4 Å². The Bertz CT molecular complexity index is 610. The highest BCUT2D eigenvalue weighted by Gasteiger charge is 2.32. The summed E-state index contributed by atoms with van der Waals surface area (Å²) in [6, 6.07) is 0. The average molecular weight is 336 g/mol. The summed E-state index contributed by atoms with van der Waals surface area (Å²) in [4.78, 5) is 26.0. The minimum atomic E-state index is -4.10. The van der Waals surface area contributed by atoms with Gasteiger partial charge in [0.2, 0.25) is 0 Å². The van der Waals surface area contributed by atoms with E-state index >= 15 is 0 Å². The van der Waals surface area contributed by atoms with Crippen molar-refractivity contribution in [2.24, 2.45) is 0 Å². The quantitative estimate of drug-likeness (QED) is 0.698. The predicted octanol–water partition coefficient (Wildman–Crippen LogP) is 0.805. The molecule has 0 saturated heterocycles. The average Bonchev–Trinajstić information content (AvgIpc) is 2.88. The van der Waals surface area contributed by atoms with E-state index in [0.717, 1.165) is 9.82 Å². The first-order valence-corrected chi connectivity index (χ1v) is 8.49. The van der Waals surface area contributed by atoms with Gasteiger partial charge in [-0.05, 0) is 13.3 Å². The third kappa shape index (κ3) is 4.22. The first kappa shape index (κ1) is 17.5. The van der Waals surface area contributed by atoms with Crippen molar-refractivity contribution >= 4 is 33.3 Å². The number of carbonyl (C=O) groups is 2. The Morgan fingerprint density at radius 1 is 1.43 bits per heavy atom. The second-order valence-electron chi connectivity index (χ2n) is 3.94. The van der Waals surface area contributed by atoms with Crippen molar-refractivity contribution in [2.75, 3.05) is 19.7 Å². The standard InChI is InChI=1S/C11H16N2O6S2/c1-3-5-13(6-8(14)19-4-2)21(17,18)11-9(10(15)16)12-7-20-11/h7H,3-6H2,1-2H3,(H,15,16). The van der Waals surface area contributed by atoms with Crippen LogP contribution in [0.25, 0.3) is 0 Å². The zero-order valence-electron chi connectivity index (χ0n) is 11.6. The van der Waals surface area contributed by atoms with Gasteiger partial charge in [0.25, 0.3) is 10.0 Å². The fourth-order valence-corrected chi connectivity index (χ4v) is 4.32. The molecule has 1 heterocycles. The smallest absolute Gasteiger partial charge is 0.356 e. The van der Waals surface area contributed by atoms with Gasteiger partial charge in [-0.3, -0.25) is 4.79 Å². The monoisotopic (exact) mass is 336 g/mol. The third-order valence-corrected chi connectivity index (χ3v) is 5.59. The molecule has 118 valence electrons. The minimum absolute atomic E-state index is 0.0815. The second-order valence-corrected chi connectivity index (χ2v) is 6.93. The molecule has 8 nitrogen and oxygen atoms in total. The van der Waals surface area contributed by atoms with E-state index in [-0.39, 0.29) is 17.4 Å². The molecular formula is C11H16N2O6S2. The Morgan fingerprint density at radius 2 is 2.10 bits per heavy atom. The Kier molecular flexibility index (Phi) is 6.24. The van der Waals surface area contributed by atoms with E-state index in [4.69, 9.17) is 9.84 Å². The van der Waals surface area contributed by atoms with E-state index in [2.05, 4.69) is 4.98 Å². The first-order valence-electron chi connectivity index (χ1n) is 6.17. The number of carboxylic acids is 1. The normalized spacial score (nSPS) is 11.6. The molecule has 0 saturated carbocycles. The summed E-state index contributed by atoms with van der Waals surface area (Å²) in [5.74, 6) is -2.11. The summed E-state index contributed by atoms with van der Waals surface area (Å²) in [6.07, 6.45) is 0.472. The van der Waals surface area contributed by atoms with Gasteiger partial charge in [-0.15, -0.1) is 11.3 Å². The van der Waals surface area contributed by atoms with Gasteiger partial charge in [0.15, 0.2) is 9.90 Å². The Balaban J connectivity index is 3.12. The molecule has 0 aliphatic rings. The fourth-order valence-electron chi connectivity index (χ4n) is 1.56. The first-order chi connectivity index (χ1) is 9.84. The van der Waals surface area contributed by atoms with Crippen LogP contribution >= 0.6 is 11.3 Å². The summed E-state index contributed by atoms with van der Waals surface area (Å²) in [5.41, 5.74) is 0.607. The molecule has 0 fully saturated rings. The van der Waals surface area contributed by atoms with Crippen molar-refractivity contribution in [3.05, 3.63) is 11.2 Å². The Morgan fingerprint density at radius 3 is 2.62 bits per heavy atom. The Hall–Kier alpha value is -1.52. The summed E-state index contributed by atoms with van der Waals surface area (Å²) in [7, 11) is -4.10. The van der Waals surface area contributed by atoms with E-state index in [0.29, 0.717) is 17.8 Å². The van der Waals surface area contributed by atoms with Gasteiger partial charge >= 0.3 is 11.9 Å². The lowest BCUT2D eigenvalue weighted by Crippen LogP contribution is -2.37. The van der Waals surface area contributed by atoms with E-state index in [1.54, 1.807) is 13.8 Å². The van der Waals surface area contributed by atoms with E-state index < -0.39 is 34.2 Å². The van der Waals surface area contributed by atoms with Crippen LogP contribution in [-0.2, 0) is 19.6 Å². The van der Waals surface area contributed by atoms with Crippen molar-refractivity contribution in [3.8, 4) is 0 Å². The molecular weight excluding hydrogens is 320 g/mol. The summed E-state index contributed by atoms with van der Waals surface area (Å²) in [5, 5.41) is 8.97. The number of carbonyl (C=O) groups excluding carboxylic acids is 1. The highest BCUT2D eigenvalue weighted by atomic mass is 32.2. The fraction of sp³-hybridized carbons (Fsp3) is 0.545. The van der Waals surface area contributed by atoms with Crippen LogP contribution in [0, 0.1) is 0 Å². The van der Waals surface area contributed by atoms with Gasteiger partial charge in [0.1, 0.15) is 6.54 Å². The van der Waals surface area contributed by atoms with Gasteiger partial charge in [-0.25, -0.2) is 18.2 Å². The molecule has 0 aliphatic heterocycles. The van der Waals surface area contributed by atoms with Crippen LogP contribution in [0.1, 0.15) is 30.8 Å². The van der Waals surface area contributed by atoms with Crippen LogP contribution in [0.4, 0.5) is 0 Å². The third-order valence-electron chi connectivity index (χ3n) is 2.40. The van der Waals surface area contributed by atoms with E-state index in [1.807, 2.05) is 0 Å². The number of sulfonamides is 1. The number of hydrogen-bond donors (Lipinski definition) is 1. The van der Waals surface area contributed by atoms with Gasteiger partial charge < -0.3 is 9.84 Å². The summed E-state index contributed by atoms with van der Waals surface area (Å²) < 4.78 is 30.2. The zero-order valence-corrected chi connectivity index (χ0v) is 13.2. The molecule has 21 heavy (non-hydrogen) atoms. The van der Waals surface area contributed by atoms with Crippen LogP contribution < -0.4 is 0 Å². The number of aromatic carboxylic acids is 1. The van der Waals surface area contributed by atoms with Crippen LogP contribution in [0.3, 0.4) is 0 Å². The maximum absolute atomic E-state index is 12.5. The van der Waals surface area contributed by atoms with E-state index in [9.17, 15) is 18.0 Å². The number of nitrogens with zero attached hydrogens (tertiary/aromatic N) is 2. The van der Waals surface area contributed by atoms with Crippen molar-refractivity contribution in [2.45, 2.75) is 24.5 Å². The van der Waals surface area contributed by atoms with Crippen molar-refractivity contribution in [1.82, 2.24) is 9.29 Å². The second kappa shape index (κ2) is 7.48. The van der Waals surface area contributed by atoms with Crippen molar-refractivity contribution < 1.29 is 27.9 Å². The molecule has 1 aromatic heterocycles. The molecule has 1 aromatic rings. The number of rotatable bonds is 8. The highest BCUT2D eigenvalue weighted by molar-refractivity contribution is 7.91. The molecule has 0 spiro atoms. The lowest BCUT2D eigenvalue weighted by atomic mass is 10.5. The number of carboxylic acid groups (broad SMARTS) is 1.